The molecule has 0 aliphatic carbocycles. The van der Waals surface area contributed by atoms with Crippen molar-refractivity contribution in [1.29, 1.82) is 0 Å². The SMILES string of the molecule is CC(Oc1ccccc1Cl)C(=O)Nc1ccc(NC(=O)CCC(=O)OCCc2ccccc2)cc1. The Morgan fingerprint density at radius 2 is 1.46 bits per heavy atom. The summed E-state index contributed by atoms with van der Waals surface area (Å²) in [5, 5.41) is 5.90. The standard InChI is InChI=1S/C27H27ClN2O5/c1-19(35-24-10-6-5-9-23(24)28)27(33)30-22-13-11-21(12-14-22)29-25(31)15-16-26(32)34-18-17-20-7-3-2-4-8-20/h2-14,19H,15-18H2,1H3,(H,29,31)(H,30,33). The summed E-state index contributed by atoms with van der Waals surface area (Å²) in [5.74, 6) is -0.631. The number of anilines is 2. The summed E-state index contributed by atoms with van der Waals surface area (Å²) in [6, 6.07) is 23.3. The third kappa shape index (κ3) is 8.79. The summed E-state index contributed by atoms with van der Waals surface area (Å²) >= 11 is 6.06. The first-order valence-electron chi connectivity index (χ1n) is 11.2. The molecule has 0 spiro atoms. The van der Waals surface area contributed by atoms with Gasteiger partial charge in [0.15, 0.2) is 6.10 Å². The first kappa shape index (κ1) is 25.8. The normalized spacial score (nSPS) is 11.3. The molecule has 35 heavy (non-hydrogen) atoms. The topological polar surface area (TPSA) is 93.7 Å². The van der Waals surface area contributed by atoms with Gasteiger partial charge in [0.05, 0.1) is 18.1 Å². The summed E-state index contributed by atoms with van der Waals surface area (Å²) in [4.78, 5) is 36.4. The molecule has 2 amide bonds. The summed E-state index contributed by atoms with van der Waals surface area (Å²) in [5.41, 5.74) is 2.18. The van der Waals surface area contributed by atoms with Gasteiger partial charge in [-0.05, 0) is 48.9 Å². The molecule has 0 aromatic heterocycles. The van der Waals surface area contributed by atoms with Crippen molar-refractivity contribution >= 4 is 40.8 Å². The van der Waals surface area contributed by atoms with Crippen molar-refractivity contribution in [2.75, 3.05) is 17.2 Å². The lowest BCUT2D eigenvalue weighted by Gasteiger charge is -2.15. The molecule has 7 nitrogen and oxygen atoms in total. The zero-order chi connectivity index (χ0) is 25.0. The molecule has 0 bridgehead atoms. The third-order valence-corrected chi connectivity index (χ3v) is 5.31. The fraction of sp³-hybridized carbons (Fsp3) is 0.222. The van der Waals surface area contributed by atoms with Gasteiger partial charge in [-0.1, -0.05) is 54.1 Å². The summed E-state index contributed by atoms with van der Waals surface area (Å²) in [6.45, 7) is 1.90. The van der Waals surface area contributed by atoms with E-state index < -0.39 is 12.1 Å². The smallest absolute Gasteiger partial charge is 0.306 e. The van der Waals surface area contributed by atoms with Gasteiger partial charge in [-0.25, -0.2) is 0 Å². The van der Waals surface area contributed by atoms with Crippen LogP contribution >= 0.6 is 11.6 Å². The number of halogens is 1. The van der Waals surface area contributed by atoms with Crippen LogP contribution < -0.4 is 15.4 Å². The van der Waals surface area contributed by atoms with E-state index in [0.29, 0.717) is 28.6 Å². The van der Waals surface area contributed by atoms with Crippen molar-refractivity contribution in [3.63, 3.8) is 0 Å². The second kappa shape index (κ2) is 13.2. The molecule has 3 aromatic rings. The van der Waals surface area contributed by atoms with Crippen LogP contribution in [0.1, 0.15) is 25.3 Å². The van der Waals surface area contributed by atoms with Crippen LogP contribution in [-0.2, 0) is 25.5 Å². The Kier molecular flexibility index (Phi) is 9.69. The molecule has 0 saturated heterocycles. The highest BCUT2D eigenvalue weighted by Gasteiger charge is 2.16. The Morgan fingerprint density at radius 1 is 0.829 bits per heavy atom. The van der Waals surface area contributed by atoms with Gasteiger partial charge in [-0.2, -0.15) is 0 Å². The number of hydrogen-bond donors (Lipinski definition) is 2. The van der Waals surface area contributed by atoms with E-state index in [1.54, 1.807) is 55.5 Å². The molecule has 8 heteroatoms. The average molecular weight is 495 g/mol. The Bertz CT molecular complexity index is 1140. The van der Waals surface area contributed by atoms with Gasteiger partial charge in [0.25, 0.3) is 5.91 Å². The van der Waals surface area contributed by atoms with E-state index in [2.05, 4.69) is 10.6 Å². The van der Waals surface area contributed by atoms with Crippen molar-refractivity contribution in [2.45, 2.75) is 32.3 Å². The number of hydrogen-bond acceptors (Lipinski definition) is 5. The third-order valence-electron chi connectivity index (χ3n) is 5.00. The Morgan fingerprint density at radius 3 is 2.14 bits per heavy atom. The maximum absolute atomic E-state index is 12.4. The van der Waals surface area contributed by atoms with Crippen molar-refractivity contribution < 1.29 is 23.9 Å². The van der Waals surface area contributed by atoms with Gasteiger partial charge in [-0.3, -0.25) is 14.4 Å². The van der Waals surface area contributed by atoms with Gasteiger partial charge in [-0.15, -0.1) is 0 Å². The van der Waals surface area contributed by atoms with Gasteiger partial charge >= 0.3 is 5.97 Å². The van der Waals surface area contributed by atoms with Crippen LogP contribution in [0.3, 0.4) is 0 Å². The Balaban J connectivity index is 1.37. The highest BCUT2D eigenvalue weighted by molar-refractivity contribution is 6.32. The van der Waals surface area contributed by atoms with Crippen molar-refractivity contribution in [2.24, 2.45) is 0 Å². The first-order valence-corrected chi connectivity index (χ1v) is 11.6. The number of benzene rings is 3. The van der Waals surface area contributed by atoms with Crippen LogP contribution in [0.2, 0.25) is 5.02 Å². The lowest BCUT2D eigenvalue weighted by molar-refractivity contribution is -0.144. The largest absolute Gasteiger partial charge is 0.479 e. The second-order valence-corrected chi connectivity index (χ2v) is 8.17. The Labute approximate surface area is 209 Å². The molecule has 0 heterocycles. The van der Waals surface area contributed by atoms with Crippen LogP contribution in [0.4, 0.5) is 11.4 Å². The minimum atomic E-state index is -0.762. The van der Waals surface area contributed by atoms with E-state index in [1.807, 2.05) is 30.3 Å². The number of carbonyl (C=O) groups excluding carboxylic acids is 3. The summed E-state index contributed by atoms with van der Waals surface area (Å²) < 4.78 is 10.8. The maximum atomic E-state index is 12.4. The molecule has 1 unspecified atom stereocenters. The number of amides is 2. The molecular weight excluding hydrogens is 468 g/mol. The minimum Gasteiger partial charge on any atom is -0.479 e. The van der Waals surface area contributed by atoms with Crippen molar-refractivity contribution in [3.05, 3.63) is 89.4 Å². The molecule has 0 aliphatic rings. The molecule has 3 rings (SSSR count). The molecule has 0 saturated carbocycles. The lowest BCUT2D eigenvalue weighted by atomic mass is 10.2. The van der Waals surface area contributed by atoms with Crippen LogP contribution in [0.25, 0.3) is 0 Å². The number of para-hydroxylation sites is 1. The maximum Gasteiger partial charge on any atom is 0.306 e. The van der Waals surface area contributed by atoms with Gasteiger partial charge in [0, 0.05) is 24.2 Å². The van der Waals surface area contributed by atoms with Crippen molar-refractivity contribution in [3.8, 4) is 5.75 Å². The quantitative estimate of drug-likeness (QED) is 0.355. The number of rotatable bonds is 11. The van der Waals surface area contributed by atoms with E-state index >= 15 is 0 Å². The van der Waals surface area contributed by atoms with Crippen LogP contribution in [0.15, 0.2) is 78.9 Å². The molecule has 0 fully saturated rings. The number of esters is 1. The van der Waals surface area contributed by atoms with E-state index in [-0.39, 0.29) is 31.3 Å². The van der Waals surface area contributed by atoms with E-state index in [4.69, 9.17) is 21.1 Å². The molecule has 0 aliphatic heterocycles. The van der Waals surface area contributed by atoms with Crippen LogP contribution in [-0.4, -0.2) is 30.5 Å². The highest BCUT2D eigenvalue weighted by atomic mass is 35.5. The molecule has 3 aromatic carbocycles. The lowest BCUT2D eigenvalue weighted by Crippen LogP contribution is -2.30. The fourth-order valence-electron chi connectivity index (χ4n) is 3.10. The zero-order valence-electron chi connectivity index (χ0n) is 19.3. The van der Waals surface area contributed by atoms with Crippen LogP contribution in [0.5, 0.6) is 5.75 Å². The van der Waals surface area contributed by atoms with E-state index in [9.17, 15) is 14.4 Å². The fourth-order valence-corrected chi connectivity index (χ4v) is 3.28. The molecule has 182 valence electrons. The first-order chi connectivity index (χ1) is 16.9. The van der Waals surface area contributed by atoms with E-state index in [1.165, 1.54) is 0 Å². The zero-order valence-corrected chi connectivity index (χ0v) is 20.1. The molecule has 0 radical (unpaired) electrons. The van der Waals surface area contributed by atoms with Gasteiger partial charge < -0.3 is 20.1 Å². The van der Waals surface area contributed by atoms with Crippen LogP contribution in [0, 0.1) is 0 Å². The monoisotopic (exact) mass is 494 g/mol. The van der Waals surface area contributed by atoms with E-state index in [0.717, 1.165) is 5.56 Å². The molecular formula is C27H27ClN2O5. The second-order valence-electron chi connectivity index (χ2n) is 7.76. The van der Waals surface area contributed by atoms with Gasteiger partial charge in [0.2, 0.25) is 5.91 Å². The van der Waals surface area contributed by atoms with Gasteiger partial charge in [0.1, 0.15) is 5.75 Å². The average Bonchev–Trinajstić information content (AvgIpc) is 2.86. The predicted molar refractivity (Wildman–Crippen MR) is 136 cm³/mol. The summed E-state index contributed by atoms with van der Waals surface area (Å²) in [6.07, 6.45) is -0.119. The minimum absolute atomic E-state index is 0.00190. The Hall–Kier alpha value is -3.84. The number of nitrogens with one attached hydrogen (secondary N) is 2. The summed E-state index contributed by atoms with van der Waals surface area (Å²) in [7, 11) is 0. The van der Waals surface area contributed by atoms with Crippen molar-refractivity contribution in [1.82, 2.24) is 0 Å². The number of ether oxygens (including phenoxy) is 2. The predicted octanol–water partition coefficient (Wildman–Crippen LogP) is 5.25. The number of carbonyl (C=O) groups is 3. The molecule has 2 N–H and O–H groups in total. The highest BCUT2D eigenvalue weighted by Crippen LogP contribution is 2.24. The molecule has 1 atom stereocenters.